The molecule has 3 N–H and O–H groups in total. The minimum atomic E-state index is -0.207. The maximum Gasteiger partial charge on any atom is 0.255 e. The first-order chi connectivity index (χ1) is 19.0. The van der Waals surface area contributed by atoms with Crippen LogP contribution in [0.4, 0.5) is 22.7 Å². The molecule has 196 valence electrons. The average molecular weight is 537 g/mol. The van der Waals surface area contributed by atoms with Crippen molar-refractivity contribution in [3.8, 4) is 5.69 Å². The first-order valence-electron chi connectivity index (χ1n) is 13.1. The maximum atomic E-state index is 12.8. The highest BCUT2D eigenvalue weighted by Crippen LogP contribution is 2.30. The van der Waals surface area contributed by atoms with Crippen molar-refractivity contribution < 1.29 is 9.90 Å². The fourth-order valence-electron chi connectivity index (χ4n) is 5.01. The molecule has 1 amide bonds. The molecule has 6 nitrogen and oxygen atoms in total. The summed E-state index contributed by atoms with van der Waals surface area (Å²) >= 11 is 6.64. The second-order valence-electron chi connectivity index (χ2n) is 9.83. The molecule has 0 bridgehead atoms. The summed E-state index contributed by atoms with van der Waals surface area (Å²) in [4.78, 5) is 15.0. The number of hydrogen-bond donors (Lipinski definition) is 3. The van der Waals surface area contributed by atoms with Gasteiger partial charge in [-0.3, -0.25) is 4.79 Å². The number of para-hydroxylation sites is 1. The van der Waals surface area contributed by atoms with Crippen LogP contribution in [0.1, 0.15) is 23.2 Å². The van der Waals surface area contributed by atoms with Crippen LogP contribution >= 0.6 is 11.6 Å². The van der Waals surface area contributed by atoms with E-state index in [0.29, 0.717) is 16.3 Å². The number of anilines is 4. The van der Waals surface area contributed by atoms with Gasteiger partial charge in [0, 0.05) is 47.6 Å². The fourth-order valence-corrected chi connectivity index (χ4v) is 5.23. The van der Waals surface area contributed by atoms with Gasteiger partial charge >= 0.3 is 0 Å². The highest BCUT2D eigenvalue weighted by atomic mass is 35.5. The Morgan fingerprint density at radius 2 is 1.51 bits per heavy atom. The number of aliphatic hydroxyl groups excluding tert-OH is 1. The lowest BCUT2D eigenvalue weighted by molar-refractivity contribution is 0.102. The van der Waals surface area contributed by atoms with Gasteiger partial charge in [-0.2, -0.15) is 0 Å². The Morgan fingerprint density at radius 3 is 2.26 bits per heavy atom. The van der Waals surface area contributed by atoms with Crippen molar-refractivity contribution in [2.24, 2.45) is 0 Å². The number of rotatable bonds is 6. The molecule has 1 aliphatic heterocycles. The zero-order valence-electron chi connectivity index (χ0n) is 21.3. The first-order valence-corrected chi connectivity index (χ1v) is 13.5. The van der Waals surface area contributed by atoms with Gasteiger partial charge in [-0.15, -0.1) is 0 Å². The van der Waals surface area contributed by atoms with Gasteiger partial charge in [-0.05, 0) is 97.1 Å². The smallest absolute Gasteiger partial charge is 0.255 e. The van der Waals surface area contributed by atoms with Gasteiger partial charge in [0.15, 0.2) is 0 Å². The summed E-state index contributed by atoms with van der Waals surface area (Å²) in [7, 11) is 0. The van der Waals surface area contributed by atoms with E-state index in [2.05, 4.69) is 38.3 Å². The number of piperidine rings is 1. The van der Waals surface area contributed by atoms with Crippen LogP contribution in [0.2, 0.25) is 5.02 Å². The Morgan fingerprint density at radius 1 is 0.821 bits per heavy atom. The Balaban J connectivity index is 1.08. The number of hydrogen-bond acceptors (Lipinski definition) is 4. The molecule has 0 radical (unpaired) electrons. The Bertz CT molecular complexity index is 1600. The number of aliphatic hydroxyl groups is 1. The minimum absolute atomic E-state index is 0.160. The number of carbonyl (C=O) groups is 1. The molecule has 2 heterocycles. The van der Waals surface area contributed by atoms with Crippen LogP contribution in [-0.2, 0) is 0 Å². The fraction of sp³-hybridized carbons (Fsp3) is 0.156. The zero-order chi connectivity index (χ0) is 26.8. The predicted octanol–water partition coefficient (Wildman–Crippen LogP) is 7.24. The molecule has 6 rings (SSSR count). The van der Waals surface area contributed by atoms with Crippen LogP contribution in [-0.4, -0.2) is 34.8 Å². The summed E-state index contributed by atoms with van der Waals surface area (Å²) in [5.74, 6) is -0.160. The molecule has 4 aromatic carbocycles. The first kappa shape index (κ1) is 25.0. The lowest BCUT2D eigenvalue weighted by atomic mass is 10.1. The van der Waals surface area contributed by atoms with E-state index in [4.69, 9.17) is 11.6 Å². The summed E-state index contributed by atoms with van der Waals surface area (Å²) in [5.41, 5.74) is 6.17. The highest BCUT2D eigenvalue weighted by molar-refractivity contribution is 6.33. The third-order valence-electron chi connectivity index (χ3n) is 7.21. The number of nitrogens with zero attached hydrogens (tertiary/aromatic N) is 2. The average Bonchev–Trinajstić information content (AvgIpc) is 3.40. The second-order valence-corrected chi connectivity index (χ2v) is 10.2. The third-order valence-corrected chi connectivity index (χ3v) is 7.52. The second kappa shape index (κ2) is 10.8. The summed E-state index contributed by atoms with van der Waals surface area (Å²) in [6.45, 7) is 1.65. The van der Waals surface area contributed by atoms with Gasteiger partial charge in [-0.25, -0.2) is 0 Å². The van der Waals surface area contributed by atoms with Crippen molar-refractivity contribution in [3.63, 3.8) is 0 Å². The van der Waals surface area contributed by atoms with E-state index in [1.165, 1.54) is 5.39 Å². The lowest BCUT2D eigenvalue weighted by Gasteiger charge is -2.31. The highest BCUT2D eigenvalue weighted by Gasteiger charge is 2.17. The number of aromatic nitrogens is 1. The largest absolute Gasteiger partial charge is 0.393 e. The van der Waals surface area contributed by atoms with Gasteiger partial charge < -0.3 is 25.2 Å². The van der Waals surface area contributed by atoms with Crippen LogP contribution in [0.5, 0.6) is 0 Å². The van der Waals surface area contributed by atoms with Crippen molar-refractivity contribution in [2.45, 2.75) is 18.9 Å². The molecule has 1 saturated heterocycles. The third kappa shape index (κ3) is 5.48. The molecule has 1 fully saturated rings. The molecule has 0 saturated carbocycles. The van der Waals surface area contributed by atoms with Gasteiger partial charge in [-0.1, -0.05) is 29.8 Å². The van der Waals surface area contributed by atoms with E-state index in [1.807, 2.05) is 85.1 Å². The topological polar surface area (TPSA) is 69.5 Å². The monoisotopic (exact) mass is 536 g/mol. The molecular formula is C32H29ClN4O2. The molecule has 0 atom stereocenters. The van der Waals surface area contributed by atoms with Crippen molar-refractivity contribution in [1.29, 1.82) is 0 Å². The van der Waals surface area contributed by atoms with Gasteiger partial charge in [0.25, 0.3) is 5.91 Å². The van der Waals surface area contributed by atoms with E-state index in [9.17, 15) is 9.90 Å². The number of nitrogens with one attached hydrogen (secondary N) is 2. The molecular weight excluding hydrogens is 508 g/mol. The van der Waals surface area contributed by atoms with Crippen LogP contribution in [0.25, 0.3) is 16.6 Å². The Kier molecular flexibility index (Phi) is 6.97. The summed E-state index contributed by atoms with van der Waals surface area (Å²) in [6, 6.07) is 31.5. The Hall–Kier alpha value is -4.26. The molecule has 1 aliphatic rings. The van der Waals surface area contributed by atoms with Crippen molar-refractivity contribution in [1.82, 2.24) is 4.57 Å². The quantitative estimate of drug-likeness (QED) is 0.214. The molecule has 0 aliphatic carbocycles. The standard InChI is InChI=1S/C32H29ClN4O2/c33-29-21-27(37-20-15-22-3-1-2-4-31(22)37)13-14-30(29)34-24-7-9-25(10-8-24)35-32(39)23-5-11-26(12-6-23)36-18-16-28(38)17-19-36/h1-15,20-21,28,34,38H,16-19H2,(H,35,39). The number of fused-ring (bicyclic) bond motifs is 1. The zero-order valence-corrected chi connectivity index (χ0v) is 22.1. The minimum Gasteiger partial charge on any atom is -0.393 e. The molecule has 39 heavy (non-hydrogen) atoms. The molecule has 1 aromatic heterocycles. The lowest BCUT2D eigenvalue weighted by Crippen LogP contribution is -2.35. The van der Waals surface area contributed by atoms with Crippen LogP contribution in [0, 0.1) is 0 Å². The summed E-state index contributed by atoms with van der Waals surface area (Å²) in [6.07, 6.45) is 3.39. The summed E-state index contributed by atoms with van der Waals surface area (Å²) < 4.78 is 2.12. The van der Waals surface area contributed by atoms with Gasteiger partial charge in [0.1, 0.15) is 0 Å². The van der Waals surface area contributed by atoms with Crippen molar-refractivity contribution in [2.75, 3.05) is 28.6 Å². The van der Waals surface area contributed by atoms with Crippen molar-refractivity contribution >= 4 is 51.2 Å². The Labute approximate surface area is 232 Å². The predicted molar refractivity (Wildman–Crippen MR) is 160 cm³/mol. The SMILES string of the molecule is O=C(Nc1ccc(Nc2ccc(-n3ccc4ccccc43)cc2Cl)cc1)c1ccc(N2CCC(O)CC2)cc1. The van der Waals surface area contributed by atoms with Gasteiger partial charge in [0.05, 0.1) is 22.3 Å². The molecule has 0 spiro atoms. The number of carbonyl (C=O) groups excluding carboxylic acids is 1. The molecule has 5 aromatic rings. The van der Waals surface area contributed by atoms with Crippen LogP contribution in [0.15, 0.2) is 103 Å². The number of benzene rings is 4. The van der Waals surface area contributed by atoms with E-state index in [0.717, 1.165) is 54.2 Å². The van der Waals surface area contributed by atoms with Crippen LogP contribution in [0.3, 0.4) is 0 Å². The summed E-state index contributed by atoms with van der Waals surface area (Å²) in [5, 5.41) is 17.8. The van der Waals surface area contributed by atoms with E-state index >= 15 is 0 Å². The normalized spacial score (nSPS) is 13.9. The van der Waals surface area contributed by atoms with Crippen LogP contribution < -0.4 is 15.5 Å². The molecule has 7 heteroatoms. The van der Waals surface area contributed by atoms with E-state index < -0.39 is 0 Å². The maximum absolute atomic E-state index is 12.8. The molecule has 0 unspecified atom stereocenters. The number of amides is 1. The number of halogens is 1. The van der Waals surface area contributed by atoms with Gasteiger partial charge in [0.2, 0.25) is 0 Å². The van der Waals surface area contributed by atoms with Crippen molar-refractivity contribution in [3.05, 3.63) is 114 Å². The van der Waals surface area contributed by atoms with E-state index in [1.54, 1.807) is 0 Å². The van der Waals surface area contributed by atoms with E-state index in [-0.39, 0.29) is 12.0 Å².